The van der Waals surface area contributed by atoms with Crippen LogP contribution in [0.1, 0.15) is 39.0 Å². The van der Waals surface area contributed by atoms with Gasteiger partial charge in [-0.15, -0.1) is 0 Å². The molecular formula is C13H24N2O. The van der Waals surface area contributed by atoms with E-state index < -0.39 is 0 Å². The molecule has 0 aromatic carbocycles. The highest BCUT2D eigenvalue weighted by atomic mass is 16.2. The van der Waals surface area contributed by atoms with Crippen LogP contribution in [-0.4, -0.2) is 37.0 Å². The molecule has 0 radical (unpaired) electrons. The fourth-order valence-corrected chi connectivity index (χ4v) is 2.87. The van der Waals surface area contributed by atoms with Crippen molar-refractivity contribution in [1.82, 2.24) is 10.2 Å². The first-order valence-corrected chi connectivity index (χ1v) is 6.69. The summed E-state index contributed by atoms with van der Waals surface area (Å²) in [6.07, 6.45) is 6.34. The highest BCUT2D eigenvalue weighted by molar-refractivity contribution is 5.80. The lowest BCUT2D eigenvalue weighted by atomic mass is 9.83. The van der Waals surface area contributed by atoms with Crippen LogP contribution in [0.15, 0.2) is 0 Å². The van der Waals surface area contributed by atoms with Crippen LogP contribution in [0.5, 0.6) is 0 Å². The zero-order valence-corrected chi connectivity index (χ0v) is 10.5. The van der Waals surface area contributed by atoms with Gasteiger partial charge in [-0.3, -0.25) is 4.79 Å². The van der Waals surface area contributed by atoms with Crippen LogP contribution in [0.3, 0.4) is 0 Å². The van der Waals surface area contributed by atoms with Gasteiger partial charge in [-0.25, -0.2) is 0 Å². The van der Waals surface area contributed by atoms with E-state index in [2.05, 4.69) is 12.2 Å². The maximum atomic E-state index is 12.1. The number of nitrogens with one attached hydrogen (secondary N) is 1. The van der Waals surface area contributed by atoms with E-state index in [9.17, 15) is 4.79 Å². The van der Waals surface area contributed by atoms with Crippen LogP contribution < -0.4 is 5.32 Å². The summed E-state index contributed by atoms with van der Waals surface area (Å²) in [5.74, 6) is 1.53. The molecule has 0 atom stereocenters. The third kappa shape index (κ3) is 2.40. The summed E-state index contributed by atoms with van der Waals surface area (Å²) in [7, 11) is 2.00. The molecule has 1 heterocycles. The Bertz CT molecular complexity index is 242. The van der Waals surface area contributed by atoms with Crippen LogP contribution in [-0.2, 0) is 4.79 Å². The normalized spacial score (nSPS) is 30.9. The Hall–Kier alpha value is -0.570. The highest BCUT2D eigenvalue weighted by Crippen LogP contribution is 2.29. The lowest BCUT2D eigenvalue weighted by molar-refractivity contribution is -0.138. The Morgan fingerprint density at radius 1 is 1.25 bits per heavy atom. The Labute approximate surface area is 98.6 Å². The fraction of sp³-hybridized carbons (Fsp3) is 0.923. The van der Waals surface area contributed by atoms with Crippen molar-refractivity contribution in [3.05, 3.63) is 0 Å². The Morgan fingerprint density at radius 3 is 2.31 bits per heavy atom. The number of rotatable bonds is 3. The SMILES string of the molecule is CCC1CCC(N(C)C(=O)C2CNC2)CC1. The molecule has 1 saturated heterocycles. The quantitative estimate of drug-likeness (QED) is 0.790. The van der Waals surface area contributed by atoms with Crippen molar-refractivity contribution in [3.63, 3.8) is 0 Å². The lowest BCUT2D eigenvalue weighted by Gasteiger charge is -2.38. The summed E-state index contributed by atoms with van der Waals surface area (Å²) in [4.78, 5) is 14.1. The highest BCUT2D eigenvalue weighted by Gasteiger charge is 2.32. The summed E-state index contributed by atoms with van der Waals surface area (Å²) in [6, 6.07) is 0.510. The predicted molar refractivity (Wildman–Crippen MR) is 65.2 cm³/mol. The van der Waals surface area contributed by atoms with Crippen LogP contribution in [0.25, 0.3) is 0 Å². The van der Waals surface area contributed by atoms with Crippen LogP contribution in [0.4, 0.5) is 0 Å². The Morgan fingerprint density at radius 2 is 1.88 bits per heavy atom. The number of carbonyl (C=O) groups excluding carboxylic acids is 1. The molecule has 1 aliphatic carbocycles. The molecule has 2 fully saturated rings. The Balaban J connectivity index is 1.81. The van der Waals surface area contributed by atoms with Crippen molar-refractivity contribution in [2.45, 2.75) is 45.1 Å². The van der Waals surface area contributed by atoms with E-state index in [4.69, 9.17) is 0 Å². The minimum Gasteiger partial charge on any atom is -0.342 e. The second kappa shape index (κ2) is 5.17. The topological polar surface area (TPSA) is 32.3 Å². The number of amides is 1. The summed E-state index contributed by atoms with van der Waals surface area (Å²) in [5, 5.41) is 3.17. The summed E-state index contributed by atoms with van der Waals surface area (Å²) < 4.78 is 0. The molecule has 1 saturated carbocycles. The fourth-order valence-electron chi connectivity index (χ4n) is 2.87. The van der Waals surface area contributed by atoms with Crippen LogP contribution in [0.2, 0.25) is 0 Å². The van der Waals surface area contributed by atoms with Crippen LogP contribution in [0, 0.1) is 11.8 Å². The van der Waals surface area contributed by atoms with Crippen molar-refractivity contribution in [2.24, 2.45) is 11.8 Å². The van der Waals surface area contributed by atoms with E-state index >= 15 is 0 Å². The molecule has 3 heteroatoms. The predicted octanol–water partition coefficient (Wildman–Crippen LogP) is 1.63. The molecular weight excluding hydrogens is 200 g/mol. The van der Waals surface area contributed by atoms with Gasteiger partial charge in [0.05, 0.1) is 5.92 Å². The van der Waals surface area contributed by atoms with Gasteiger partial charge in [0.25, 0.3) is 0 Å². The average molecular weight is 224 g/mol. The molecule has 16 heavy (non-hydrogen) atoms. The van der Waals surface area contributed by atoms with Gasteiger partial charge >= 0.3 is 0 Å². The number of hydrogen-bond acceptors (Lipinski definition) is 2. The van der Waals surface area contributed by atoms with E-state index in [1.807, 2.05) is 11.9 Å². The standard InChI is InChI=1S/C13H24N2O/c1-3-10-4-6-12(7-5-10)15(2)13(16)11-8-14-9-11/h10-12,14H,3-9H2,1-2H3. The lowest BCUT2D eigenvalue weighted by Crippen LogP contribution is -2.53. The van der Waals surface area contributed by atoms with Crippen molar-refractivity contribution < 1.29 is 4.79 Å². The van der Waals surface area contributed by atoms with Gasteiger partial charge in [0.1, 0.15) is 0 Å². The maximum absolute atomic E-state index is 12.1. The molecule has 2 rings (SSSR count). The van der Waals surface area contributed by atoms with E-state index in [0.717, 1.165) is 19.0 Å². The second-order valence-electron chi connectivity index (χ2n) is 5.39. The summed E-state index contributed by atoms with van der Waals surface area (Å²) in [6.45, 7) is 4.04. The van der Waals surface area contributed by atoms with Gasteiger partial charge in [-0.05, 0) is 31.6 Å². The van der Waals surface area contributed by atoms with Gasteiger partial charge in [0.15, 0.2) is 0 Å². The van der Waals surface area contributed by atoms with E-state index in [1.165, 1.54) is 32.1 Å². The van der Waals surface area contributed by atoms with Crippen molar-refractivity contribution >= 4 is 5.91 Å². The minimum absolute atomic E-state index is 0.258. The summed E-state index contributed by atoms with van der Waals surface area (Å²) >= 11 is 0. The van der Waals surface area contributed by atoms with Crippen LogP contribution >= 0.6 is 0 Å². The first-order valence-electron chi connectivity index (χ1n) is 6.69. The molecule has 0 unspecified atom stereocenters. The molecule has 1 N–H and O–H groups in total. The molecule has 2 aliphatic rings. The van der Waals surface area contributed by atoms with E-state index in [0.29, 0.717) is 11.9 Å². The second-order valence-corrected chi connectivity index (χ2v) is 5.39. The third-order valence-corrected chi connectivity index (χ3v) is 4.42. The van der Waals surface area contributed by atoms with Gasteiger partial charge in [-0.2, -0.15) is 0 Å². The van der Waals surface area contributed by atoms with Gasteiger partial charge in [0.2, 0.25) is 5.91 Å². The van der Waals surface area contributed by atoms with Crippen molar-refractivity contribution in [3.8, 4) is 0 Å². The molecule has 3 nitrogen and oxygen atoms in total. The molecule has 0 aromatic rings. The smallest absolute Gasteiger partial charge is 0.228 e. The first-order chi connectivity index (χ1) is 7.72. The number of hydrogen-bond donors (Lipinski definition) is 1. The molecule has 0 bridgehead atoms. The zero-order chi connectivity index (χ0) is 11.5. The molecule has 0 aromatic heterocycles. The summed E-state index contributed by atoms with van der Waals surface area (Å²) in [5.41, 5.74) is 0. The molecule has 0 spiro atoms. The monoisotopic (exact) mass is 224 g/mol. The van der Waals surface area contributed by atoms with E-state index in [1.54, 1.807) is 0 Å². The van der Waals surface area contributed by atoms with Gasteiger partial charge < -0.3 is 10.2 Å². The average Bonchev–Trinajstić information content (AvgIpc) is 2.26. The van der Waals surface area contributed by atoms with E-state index in [-0.39, 0.29) is 5.92 Å². The Kier molecular flexibility index (Phi) is 3.85. The maximum Gasteiger partial charge on any atom is 0.228 e. The number of carbonyl (C=O) groups is 1. The van der Waals surface area contributed by atoms with Gasteiger partial charge in [0, 0.05) is 26.2 Å². The molecule has 1 amide bonds. The molecule has 1 aliphatic heterocycles. The molecule has 92 valence electrons. The third-order valence-electron chi connectivity index (χ3n) is 4.42. The number of nitrogens with zero attached hydrogens (tertiary/aromatic N) is 1. The first kappa shape index (κ1) is 11.9. The van der Waals surface area contributed by atoms with Crippen molar-refractivity contribution in [1.29, 1.82) is 0 Å². The van der Waals surface area contributed by atoms with Gasteiger partial charge in [-0.1, -0.05) is 13.3 Å². The van der Waals surface area contributed by atoms with Crippen molar-refractivity contribution in [2.75, 3.05) is 20.1 Å². The largest absolute Gasteiger partial charge is 0.342 e. The zero-order valence-electron chi connectivity index (χ0n) is 10.5. The minimum atomic E-state index is 0.258.